The molecule has 2 N–H and O–H groups in total. The molecule has 7 heteroatoms. The Balaban J connectivity index is 1.87. The summed E-state index contributed by atoms with van der Waals surface area (Å²) in [5.74, 6) is 1.52. The van der Waals surface area contributed by atoms with Gasteiger partial charge in [0, 0.05) is 62.8 Å². The van der Waals surface area contributed by atoms with Gasteiger partial charge >= 0.3 is 0 Å². The maximum absolute atomic E-state index is 4.89. The summed E-state index contributed by atoms with van der Waals surface area (Å²) >= 11 is 1.77. The number of likely N-dealkylation sites (N-methyl/N-ethyl adjacent to an activating group) is 1. The van der Waals surface area contributed by atoms with Crippen LogP contribution in [0.5, 0.6) is 0 Å². The first kappa shape index (κ1) is 21.1. The number of aryl methyl sites for hydroxylation is 1. The minimum Gasteiger partial charge on any atom is -0.357 e. The van der Waals surface area contributed by atoms with E-state index in [2.05, 4.69) is 60.2 Å². The van der Waals surface area contributed by atoms with E-state index in [0.717, 1.165) is 58.2 Å². The van der Waals surface area contributed by atoms with Crippen LogP contribution in [0.1, 0.15) is 30.7 Å². The second kappa shape index (κ2) is 10.8. The number of aliphatic imine (C=N–C) groups is 1. The summed E-state index contributed by atoms with van der Waals surface area (Å²) in [7, 11) is 2.21. The molecule has 0 bridgehead atoms. The Kier molecular flexibility index (Phi) is 8.81. The number of piperazine rings is 1. The van der Waals surface area contributed by atoms with Crippen molar-refractivity contribution in [3.05, 3.63) is 16.1 Å². The highest BCUT2D eigenvalue weighted by Crippen LogP contribution is 2.14. The lowest BCUT2D eigenvalue weighted by atomic mass is 10.0. The van der Waals surface area contributed by atoms with Gasteiger partial charge in [-0.05, 0) is 26.8 Å². The molecule has 2 rings (SSSR count). The van der Waals surface area contributed by atoms with Crippen LogP contribution in [-0.2, 0) is 6.42 Å². The van der Waals surface area contributed by atoms with Crippen molar-refractivity contribution in [1.29, 1.82) is 0 Å². The third kappa shape index (κ3) is 6.85. The van der Waals surface area contributed by atoms with Gasteiger partial charge in [0.1, 0.15) is 0 Å². The molecule has 6 nitrogen and oxygen atoms in total. The largest absolute Gasteiger partial charge is 0.357 e. The summed E-state index contributed by atoms with van der Waals surface area (Å²) in [6.07, 6.45) is 2.89. The highest BCUT2D eigenvalue weighted by molar-refractivity contribution is 7.11. The Morgan fingerprint density at radius 2 is 2.00 bits per heavy atom. The smallest absolute Gasteiger partial charge is 0.191 e. The van der Waals surface area contributed by atoms with Crippen molar-refractivity contribution in [3.8, 4) is 0 Å². The summed E-state index contributed by atoms with van der Waals surface area (Å²) in [4.78, 5) is 15.6. The van der Waals surface area contributed by atoms with E-state index < -0.39 is 0 Å². The summed E-state index contributed by atoms with van der Waals surface area (Å²) in [6, 6.07) is 0.501. The van der Waals surface area contributed by atoms with Gasteiger partial charge in [0.05, 0.1) is 11.6 Å². The standard InChI is InChI=1S/C19H36N6S/c1-6-20-19(21-8-7-18-22-13-16(4)26-18)23-14-17(15(2)3)25-11-9-24(5)10-12-25/h13,15,17H,6-12,14H2,1-5H3,(H2,20,21,23). The van der Waals surface area contributed by atoms with Crippen molar-refractivity contribution in [2.24, 2.45) is 10.9 Å². The highest BCUT2D eigenvalue weighted by Gasteiger charge is 2.24. The minimum absolute atomic E-state index is 0.501. The molecule has 1 aliphatic heterocycles. The molecule has 2 heterocycles. The molecule has 0 aromatic carbocycles. The summed E-state index contributed by atoms with van der Waals surface area (Å²) < 4.78 is 0. The number of hydrogen-bond acceptors (Lipinski definition) is 5. The predicted octanol–water partition coefficient (Wildman–Crippen LogP) is 1.82. The second-order valence-electron chi connectivity index (χ2n) is 7.41. The van der Waals surface area contributed by atoms with Gasteiger partial charge in [-0.1, -0.05) is 13.8 Å². The molecule has 1 aromatic rings. The van der Waals surface area contributed by atoms with Crippen LogP contribution in [0.25, 0.3) is 0 Å². The molecule has 0 aliphatic carbocycles. The molecule has 1 saturated heterocycles. The van der Waals surface area contributed by atoms with Gasteiger partial charge in [0.25, 0.3) is 0 Å². The van der Waals surface area contributed by atoms with Crippen molar-refractivity contribution in [1.82, 2.24) is 25.4 Å². The Morgan fingerprint density at radius 1 is 1.27 bits per heavy atom. The molecule has 0 saturated carbocycles. The second-order valence-corrected chi connectivity index (χ2v) is 8.73. The first-order chi connectivity index (χ1) is 12.5. The Morgan fingerprint density at radius 3 is 2.58 bits per heavy atom. The third-order valence-corrected chi connectivity index (χ3v) is 5.83. The lowest BCUT2D eigenvalue weighted by Gasteiger charge is -2.39. The Bertz CT molecular complexity index is 548. The quantitative estimate of drug-likeness (QED) is 0.532. The molecule has 0 amide bonds. The average molecular weight is 381 g/mol. The Hall–Kier alpha value is -1.18. The van der Waals surface area contributed by atoms with Gasteiger partial charge in [-0.25, -0.2) is 4.98 Å². The van der Waals surface area contributed by atoms with Gasteiger partial charge in [-0.3, -0.25) is 9.89 Å². The summed E-state index contributed by atoms with van der Waals surface area (Å²) in [5.41, 5.74) is 0. The fraction of sp³-hybridized carbons (Fsp3) is 0.789. The van der Waals surface area contributed by atoms with Crippen LogP contribution < -0.4 is 10.6 Å². The molecule has 148 valence electrons. The van der Waals surface area contributed by atoms with Crippen LogP contribution >= 0.6 is 11.3 Å². The molecular weight excluding hydrogens is 344 g/mol. The van der Waals surface area contributed by atoms with Crippen molar-refractivity contribution in [2.75, 3.05) is 52.9 Å². The zero-order valence-corrected chi connectivity index (χ0v) is 17.9. The number of aromatic nitrogens is 1. The van der Waals surface area contributed by atoms with Crippen LogP contribution in [0, 0.1) is 12.8 Å². The first-order valence-electron chi connectivity index (χ1n) is 9.85. The van der Waals surface area contributed by atoms with Crippen LogP contribution in [0.3, 0.4) is 0 Å². The third-order valence-electron chi connectivity index (χ3n) is 4.86. The number of hydrogen-bond donors (Lipinski definition) is 2. The van der Waals surface area contributed by atoms with E-state index in [0.29, 0.717) is 12.0 Å². The van der Waals surface area contributed by atoms with E-state index in [1.54, 1.807) is 11.3 Å². The van der Waals surface area contributed by atoms with Crippen molar-refractivity contribution >= 4 is 17.3 Å². The molecule has 1 aromatic heterocycles. The fourth-order valence-corrected chi connectivity index (χ4v) is 4.02. The molecule has 1 fully saturated rings. The number of nitrogens with one attached hydrogen (secondary N) is 2. The minimum atomic E-state index is 0.501. The number of rotatable bonds is 8. The predicted molar refractivity (Wildman–Crippen MR) is 112 cm³/mol. The van der Waals surface area contributed by atoms with Crippen LogP contribution in [-0.4, -0.2) is 79.6 Å². The SMILES string of the molecule is CCNC(=NCC(C(C)C)N1CCN(C)CC1)NCCc1ncc(C)s1. The number of nitrogens with zero attached hydrogens (tertiary/aromatic N) is 4. The maximum atomic E-state index is 4.89. The monoisotopic (exact) mass is 380 g/mol. The molecule has 1 aliphatic rings. The normalized spacial score (nSPS) is 18.3. The molecule has 1 atom stereocenters. The topological polar surface area (TPSA) is 55.8 Å². The average Bonchev–Trinajstić information content (AvgIpc) is 3.01. The zero-order chi connectivity index (χ0) is 18.9. The Labute approximate surface area is 163 Å². The van der Waals surface area contributed by atoms with Gasteiger partial charge < -0.3 is 15.5 Å². The molecule has 0 spiro atoms. The van der Waals surface area contributed by atoms with E-state index in [-0.39, 0.29) is 0 Å². The summed E-state index contributed by atoms with van der Waals surface area (Å²) in [5, 5.41) is 8.02. The first-order valence-corrected chi connectivity index (χ1v) is 10.7. The van der Waals surface area contributed by atoms with Gasteiger partial charge in [0.2, 0.25) is 0 Å². The van der Waals surface area contributed by atoms with E-state index in [1.165, 1.54) is 9.88 Å². The van der Waals surface area contributed by atoms with Crippen LogP contribution in [0.15, 0.2) is 11.2 Å². The lowest BCUT2D eigenvalue weighted by molar-refractivity contribution is 0.0925. The molecule has 0 radical (unpaired) electrons. The molecular formula is C19H36N6S. The number of thiazole rings is 1. The fourth-order valence-electron chi connectivity index (χ4n) is 3.23. The van der Waals surface area contributed by atoms with Crippen molar-refractivity contribution in [2.45, 2.75) is 40.2 Å². The van der Waals surface area contributed by atoms with E-state index >= 15 is 0 Å². The summed E-state index contributed by atoms with van der Waals surface area (Å²) in [6.45, 7) is 16.0. The van der Waals surface area contributed by atoms with Gasteiger partial charge in [0.15, 0.2) is 5.96 Å². The van der Waals surface area contributed by atoms with E-state index in [1.807, 2.05) is 6.20 Å². The van der Waals surface area contributed by atoms with E-state index in [9.17, 15) is 0 Å². The van der Waals surface area contributed by atoms with Crippen molar-refractivity contribution < 1.29 is 0 Å². The van der Waals surface area contributed by atoms with Crippen LogP contribution in [0.2, 0.25) is 0 Å². The van der Waals surface area contributed by atoms with Gasteiger partial charge in [-0.15, -0.1) is 11.3 Å². The lowest BCUT2D eigenvalue weighted by Crippen LogP contribution is -2.52. The van der Waals surface area contributed by atoms with Crippen molar-refractivity contribution in [3.63, 3.8) is 0 Å². The highest BCUT2D eigenvalue weighted by atomic mass is 32.1. The molecule has 26 heavy (non-hydrogen) atoms. The zero-order valence-electron chi connectivity index (χ0n) is 17.1. The van der Waals surface area contributed by atoms with Crippen LogP contribution in [0.4, 0.5) is 0 Å². The maximum Gasteiger partial charge on any atom is 0.191 e. The van der Waals surface area contributed by atoms with Gasteiger partial charge in [-0.2, -0.15) is 0 Å². The molecule has 1 unspecified atom stereocenters. The van der Waals surface area contributed by atoms with E-state index in [4.69, 9.17) is 4.99 Å². The number of guanidine groups is 1.